The number of aromatic nitrogens is 1. The highest BCUT2D eigenvalue weighted by Crippen LogP contribution is 2.16. The third-order valence-corrected chi connectivity index (χ3v) is 3.17. The van der Waals surface area contributed by atoms with E-state index in [1.807, 2.05) is 33.8 Å². The molecule has 1 aromatic heterocycles. The number of rotatable bonds is 7. The van der Waals surface area contributed by atoms with Crippen LogP contribution in [0.25, 0.3) is 0 Å². The van der Waals surface area contributed by atoms with Gasteiger partial charge in [-0.15, -0.1) is 0 Å². The lowest BCUT2D eigenvalue weighted by Gasteiger charge is -2.27. The lowest BCUT2D eigenvalue weighted by molar-refractivity contribution is -0.134. The van der Waals surface area contributed by atoms with Crippen molar-refractivity contribution in [2.45, 2.75) is 68.0 Å². The van der Waals surface area contributed by atoms with Gasteiger partial charge in [0.05, 0.1) is 11.9 Å². The van der Waals surface area contributed by atoms with E-state index in [4.69, 9.17) is 0 Å². The predicted octanol–water partition coefficient (Wildman–Crippen LogP) is 4.11. The summed E-state index contributed by atoms with van der Waals surface area (Å²) < 4.78 is 0. The molecule has 1 unspecified atom stereocenters. The molecule has 6 heteroatoms. The Morgan fingerprint density at radius 3 is 2.19 bits per heavy atom. The quantitative estimate of drug-likeness (QED) is 0.631. The fourth-order valence-corrected chi connectivity index (χ4v) is 2.15. The van der Waals surface area contributed by atoms with Crippen LogP contribution in [0.2, 0.25) is 0 Å². The van der Waals surface area contributed by atoms with Gasteiger partial charge in [0, 0.05) is 13.6 Å². The van der Waals surface area contributed by atoms with Gasteiger partial charge >= 0.3 is 0 Å². The van der Waals surface area contributed by atoms with E-state index >= 15 is 0 Å². The Kier molecular flexibility index (Phi) is 15.9. The molecule has 0 aliphatic carbocycles. The summed E-state index contributed by atoms with van der Waals surface area (Å²) in [5.74, 6) is 0.714. The van der Waals surface area contributed by atoms with Crippen molar-refractivity contribution >= 4 is 17.4 Å². The van der Waals surface area contributed by atoms with Crippen LogP contribution in [-0.2, 0) is 4.79 Å². The maximum atomic E-state index is 12.1. The molecule has 26 heavy (non-hydrogen) atoms. The van der Waals surface area contributed by atoms with Crippen LogP contribution in [0.15, 0.2) is 12.3 Å². The Hall–Kier alpha value is -1.66. The summed E-state index contributed by atoms with van der Waals surface area (Å²) in [5.41, 5.74) is 1.51. The van der Waals surface area contributed by atoms with Crippen molar-refractivity contribution < 1.29 is 9.90 Å². The minimum Gasteiger partial charge on any atom is -0.373 e. The zero-order valence-electron chi connectivity index (χ0n) is 18.2. The third kappa shape index (κ3) is 10.4. The van der Waals surface area contributed by atoms with E-state index in [1.54, 1.807) is 18.1 Å². The molecule has 1 amide bonds. The van der Waals surface area contributed by atoms with E-state index in [-0.39, 0.29) is 0 Å². The van der Waals surface area contributed by atoms with Crippen LogP contribution in [-0.4, -0.2) is 47.3 Å². The van der Waals surface area contributed by atoms with Crippen LogP contribution >= 0.6 is 0 Å². The molecule has 0 radical (unpaired) electrons. The highest BCUT2D eigenvalue weighted by molar-refractivity contribution is 5.93. The average molecular weight is 369 g/mol. The maximum absolute atomic E-state index is 12.1. The average Bonchev–Trinajstić information content (AvgIpc) is 2.61. The summed E-state index contributed by atoms with van der Waals surface area (Å²) in [6, 6.07) is 1.82. The minimum absolute atomic E-state index is 0.381. The molecule has 1 heterocycles. The molecule has 6 nitrogen and oxygen atoms in total. The molecule has 0 aromatic carbocycles. The Morgan fingerprint density at radius 1 is 1.27 bits per heavy atom. The predicted molar refractivity (Wildman–Crippen MR) is 113 cm³/mol. The first-order valence-corrected chi connectivity index (χ1v) is 9.67. The minimum atomic E-state index is -1.15. The molecule has 0 fully saturated rings. The summed E-state index contributed by atoms with van der Waals surface area (Å²) >= 11 is 0. The normalized spacial score (nSPS) is 11.1. The number of carbonyl (C=O) groups is 1. The molecule has 1 rings (SSSR count). The number of hydrogen-bond acceptors (Lipinski definition) is 5. The number of amides is 1. The molecule has 0 bridgehead atoms. The van der Waals surface area contributed by atoms with Crippen LogP contribution in [0.1, 0.15) is 60.5 Å². The third-order valence-electron chi connectivity index (χ3n) is 3.17. The Labute approximate surface area is 160 Å². The van der Waals surface area contributed by atoms with E-state index in [9.17, 15) is 9.90 Å². The highest BCUT2D eigenvalue weighted by Gasteiger charge is 2.22. The van der Waals surface area contributed by atoms with Crippen molar-refractivity contribution in [2.75, 3.05) is 30.8 Å². The maximum Gasteiger partial charge on any atom is 0.268 e. The zero-order chi connectivity index (χ0) is 20.7. The van der Waals surface area contributed by atoms with Gasteiger partial charge in [0.15, 0.2) is 6.23 Å². The van der Waals surface area contributed by atoms with Gasteiger partial charge in [0.25, 0.3) is 5.91 Å². The first-order chi connectivity index (χ1) is 12.3. The Morgan fingerprint density at radius 2 is 1.81 bits per heavy atom. The van der Waals surface area contributed by atoms with Crippen molar-refractivity contribution in [1.82, 2.24) is 9.88 Å². The molecule has 0 aliphatic rings. The number of hydrogen-bond donors (Lipinski definition) is 3. The van der Waals surface area contributed by atoms with E-state index in [2.05, 4.69) is 43.3 Å². The number of pyridine rings is 1. The number of aryl methyl sites for hydroxylation is 1. The second-order valence-corrected chi connectivity index (χ2v) is 6.19. The second kappa shape index (κ2) is 15.6. The summed E-state index contributed by atoms with van der Waals surface area (Å²) in [6.07, 6.45) is 1.67. The number of nitrogens with one attached hydrogen (secondary N) is 2. The van der Waals surface area contributed by atoms with Crippen LogP contribution in [0.5, 0.6) is 0 Å². The van der Waals surface area contributed by atoms with Gasteiger partial charge in [-0.05, 0) is 31.0 Å². The molecule has 0 aliphatic heterocycles. The van der Waals surface area contributed by atoms with Crippen molar-refractivity contribution in [3.8, 4) is 0 Å². The zero-order valence-corrected chi connectivity index (χ0v) is 18.2. The number of anilines is 2. The smallest absolute Gasteiger partial charge is 0.268 e. The van der Waals surface area contributed by atoms with Gasteiger partial charge in [-0.3, -0.25) is 9.69 Å². The summed E-state index contributed by atoms with van der Waals surface area (Å²) in [6.45, 7) is 17.5. The monoisotopic (exact) mass is 368 g/mol. The van der Waals surface area contributed by atoms with Crippen LogP contribution in [0, 0.1) is 12.8 Å². The standard InChI is InChI=1S/C15H26N4O2.C3H8.C2H6/c1-6-19(9-10(2)3)15(21)14(20)18-12-7-11(4)13(16-5)17-8-12;1-3-2;1-2/h7-8,10,15,21H,6,9H2,1-5H3,(H,16,17)(H,18,20);3H2,1-2H3;1-2H3. The number of nitrogens with zero attached hydrogens (tertiary/aromatic N) is 2. The van der Waals surface area contributed by atoms with Crippen LogP contribution in [0.4, 0.5) is 11.5 Å². The second-order valence-electron chi connectivity index (χ2n) is 6.19. The topological polar surface area (TPSA) is 77.5 Å². The van der Waals surface area contributed by atoms with Crippen molar-refractivity contribution in [3.05, 3.63) is 17.8 Å². The summed E-state index contributed by atoms with van der Waals surface area (Å²) in [7, 11) is 1.79. The summed E-state index contributed by atoms with van der Waals surface area (Å²) in [5, 5.41) is 15.8. The SMILES string of the molecule is CC.CCC.CCN(CC(C)C)C(O)C(=O)Nc1cnc(NC)c(C)c1. The van der Waals surface area contributed by atoms with Crippen LogP contribution in [0.3, 0.4) is 0 Å². The Bertz CT molecular complexity index is 493. The molecular weight excluding hydrogens is 328 g/mol. The van der Waals surface area contributed by atoms with Gasteiger partial charge in [-0.2, -0.15) is 0 Å². The number of carbonyl (C=O) groups excluding carboxylic acids is 1. The molecule has 1 aromatic rings. The first kappa shape index (κ1) is 26.6. The first-order valence-electron chi connectivity index (χ1n) is 9.67. The van der Waals surface area contributed by atoms with Gasteiger partial charge < -0.3 is 15.7 Å². The number of aliphatic hydroxyl groups is 1. The molecular formula is C20H40N4O2. The van der Waals surface area contributed by atoms with E-state index in [0.717, 1.165) is 11.4 Å². The largest absolute Gasteiger partial charge is 0.373 e. The van der Waals surface area contributed by atoms with Gasteiger partial charge in [0.1, 0.15) is 5.82 Å². The number of likely N-dealkylation sites (N-methyl/N-ethyl adjacent to an activating group) is 1. The van der Waals surface area contributed by atoms with Gasteiger partial charge in [0.2, 0.25) is 0 Å². The van der Waals surface area contributed by atoms with Crippen molar-refractivity contribution in [1.29, 1.82) is 0 Å². The molecule has 0 saturated carbocycles. The lowest BCUT2D eigenvalue weighted by atomic mass is 10.2. The Balaban J connectivity index is 0. The van der Waals surface area contributed by atoms with Gasteiger partial charge in [-0.1, -0.05) is 54.9 Å². The van der Waals surface area contributed by atoms with Crippen molar-refractivity contribution in [3.63, 3.8) is 0 Å². The fraction of sp³-hybridized carbons (Fsp3) is 0.700. The van der Waals surface area contributed by atoms with E-state index < -0.39 is 12.1 Å². The lowest BCUT2D eigenvalue weighted by Crippen LogP contribution is -2.45. The van der Waals surface area contributed by atoms with E-state index in [0.29, 0.717) is 24.7 Å². The molecule has 3 N–H and O–H groups in total. The van der Waals surface area contributed by atoms with E-state index in [1.165, 1.54) is 6.42 Å². The summed E-state index contributed by atoms with van der Waals surface area (Å²) in [4.78, 5) is 18.1. The van der Waals surface area contributed by atoms with Gasteiger partial charge in [-0.25, -0.2) is 4.98 Å². The van der Waals surface area contributed by atoms with Crippen LogP contribution < -0.4 is 10.6 Å². The highest BCUT2D eigenvalue weighted by atomic mass is 16.3. The molecule has 152 valence electrons. The fourth-order valence-electron chi connectivity index (χ4n) is 2.15. The van der Waals surface area contributed by atoms with Crippen molar-refractivity contribution in [2.24, 2.45) is 5.92 Å². The number of aliphatic hydroxyl groups excluding tert-OH is 1. The molecule has 0 spiro atoms. The molecule has 1 atom stereocenters. The molecule has 0 saturated heterocycles.